The van der Waals surface area contributed by atoms with E-state index in [2.05, 4.69) is 51.1 Å². The molecular formula is C27H50ClP. The summed E-state index contributed by atoms with van der Waals surface area (Å²) in [6.45, 7) is 6.99. The van der Waals surface area contributed by atoms with Gasteiger partial charge in [-0.25, -0.2) is 0 Å². The number of benzene rings is 1. The molecule has 29 heavy (non-hydrogen) atoms. The van der Waals surface area contributed by atoms with Crippen molar-refractivity contribution < 1.29 is 12.4 Å². The van der Waals surface area contributed by atoms with Crippen LogP contribution in [-0.2, 0) is 0 Å². The fraction of sp³-hybridized carbons (Fsp3) is 0.778. The average Bonchev–Trinajstić information content (AvgIpc) is 2.73. The Labute approximate surface area is 190 Å². The Kier molecular flexibility index (Phi) is 19.8. The van der Waals surface area contributed by atoms with Crippen LogP contribution in [0.4, 0.5) is 0 Å². The van der Waals surface area contributed by atoms with Crippen molar-refractivity contribution in [2.24, 2.45) is 0 Å². The van der Waals surface area contributed by atoms with E-state index in [1.165, 1.54) is 115 Å². The first kappa shape index (κ1) is 28.9. The molecular weight excluding hydrogens is 391 g/mol. The van der Waals surface area contributed by atoms with Crippen LogP contribution in [0.5, 0.6) is 0 Å². The van der Waals surface area contributed by atoms with Gasteiger partial charge < -0.3 is 12.4 Å². The highest BCUT2D eigenvalue weighted by atomic mass is 35.5. The molecule has 0 bridgehead atoms. The summed E-state index contributed by atoms with van der Waals surface area (Å²) in [6, 6.07) is 11.8. The highest BCUT2D eigenvalue weighted by Crippen LogP contribution is 2.59. The maximum atomic E-state index is 2.48. The third kappa shape index (κ3) is 13.1. The molecule has 0 spiro atoms. The Morgan fingerprint density at radius 2 is 0.828 bits per heavy atom. The van der Waals surface area contributed by atoms with Gasteiger partial charge in [0.15, 0.2) is 0 Å². The van der Waals surface area contributed by atoms with E-state index in [0.29, 0.717) is 0 Å². The van der Waals surface area contributed by atoms with Crippen LogP contribution in [-0.4, -0.2) is 18.5 Å². The van der Waals surface area contributed by atoms with Crippen molar-refractivity contribution in [3.8, 4) is 0 Å². The SMILES string of the molecule is CCCCCCCC[P+](CCCCC)(CCCCCCCC)c1ccccc1.[Cl-]. The standard InChI is InChI=1S/C27H50P.ClH/c1-4-7-10-12-14-20-25-28(24-19-9-6-3,27-22-17-16-18-23-27)26-21-15-13-11-8-5-2;/h16-18,22-23H,4-15,19-21,24-26H2,1-3H3;1H/q+1;/p-1. The number of unbranched alkanes of at least 4 members (excludes halogenated alkanes) is 12. The van der Waals surface area contributed by atoms with Gasteiger partial charge in [0, 0.05) is 7.26 Å². The predicted octanol–water partition coefficient (Wildman–Crippen LogP) is 6.24. The van der Waals surface area contributed by atoms with E-state index in [9.17, 15) is 0 Å². The summed E-state index contributed by atoms with van der Waals surface area (Å²) in [6.07, 6.45) is 26.0. The van der Waals surface area contributed by atoms with Gasteiger partial charge in [-0.1, -0.05) is 103 Å². The second-order valence-corrected chi connectivity index (χ2v) is 13.0. The fourth-order valence-electron chi connectivity index (χ4n) is 4.52. The van der Waals surface area contributed by atoms with Gasteiger partial charge >= 0.3 is 0 Å². The summed E-state index contributed by atoms with van der Waals surface area (Å²) in [5, 5.41) is 1.74. The van der Waals surface area contributed by atoms with Gasteiger partial charge in [-0.2, -0.15) is 0 Å². The van der Waals surface area contributed by atoms with Crippen molar-refractivity contribution in [2.75, 3.05) is 18.5 Å². The number of hydrogen-bond donors (Lipinski definition) is 0. The van der Waals surface area contributed by atoms with Crippen molar-refractivity contribution in [3.05, 3.63) is 30.3 Å². The third-order valence-corrected chi connectivity index (χ3v) is 11.3. The summed E-state index contributed by atoms with van der Waals surface area (Å²) < 4.78 is 0. The summed E-state index contributed by atoms with van der Waals surface area (Å²) in [4.78, 5) is 0. The lowest BCUT2D eigenvalue weighted by molar-refractivity contribution is -0.00000618. The first-order valence-electron chi connectivity index (χ1n) is 12.7. The van der Waals surface area contributed by atoms with E-state index in [1.54, 1.807) is 5.30 Å². The Hall–Kier alpha value is -0.0600. The lowest BCUT2D eigenvalue weighted by Crippen LogP contribution is -3.00. The van der Waals surface area contributed by atoms with Crippen LogP contribution in [0, 0.1) is 0 Å². The highest BCUT2D eigenvalue weighted by Gasteiger charge is 2.38. The lowest BCUT2D eigenvalue weighted by atomic mass is 10.1. The number of rotatable bonds is 19. The van der Waals surface area contributed by atoms with Crippen LogP contribution < -0.4 is 17.7 Å². The van der Waals surface area contributed by atoms with Crippen LogP contribution in [0.2, 0.25) is 0 Å². The molecule has 170 valence electrons. The van der Waals surface area contributed by atoms with Crippen LogP contribution in [0.15, 0.2) is 30.3 Å². The van der Waals surface area contributed by atoms with Crippen LogP contribution in [0.3, 0.4) is 0 Å². The highest BCUT2D eigenvalue weighted by molar-refractivity contribution is 7.82. The molecule has 0 saturated heterocycles. The summed E-state index contributed by atoms with van der Waals surface area (Å²) in [5.74, 6) is 0. The van der Waals surface area contributed by atoms with Gasteiger partial charge in [-0.3, -0.25) is 0 Å². The molecule has 0 aliphatic carbocycles. The van der Waals surface area contributed by atoms with E-state index in [-0.39, 0.29) is 12.4 Å². The zero-order valence-electron chi connectivity index (χ0n) is 19.9. The smallest absolute Gasteiger partial charge is 0.0939 e. The van der Waals surface area contributed by atoms with Crippen molar-refractivity contribution in [1.29, 1.82) is 0 Å². The fourth-order valence-corrected chi connectivity index (χ4v) is 9.26. The van der Waals surface area contributed by atoms with Crippen LogP contribution in [0.25, 0.3) is 0 Å². The molecule has 0 nitrogen and oxygen atoms in total. The Morgan fingerprint density at radius 1 is 0.483 bits per heavy atom. The molecule has 0 amide bonds. The molecule has 1 rings (SSSR count). The Morgan fingerprint density at radius 3 is 1.28 bits per heavy atom. The molecule has 0 aliphatic rings. The van der Waals surface area contributed by atoms with Crippen molar-refractivity contribution in [1.82, 2.24) is 0 Å². The molecule has 0 N–H and O–H groups in total. The van der Waals surface area contributed by atoms with Gasteiger partial charge in [-0.15, -0.1) is 0 Å². The minimum Gasteiger partial charge on any atom is -1.00 e. The summed E-state index contributed by atoms with van der Waals surface area (Å²) in [5.41, 5.74) is 0. The largest absolute Gasteiger partial charge is 1.00 e. The van der Waals surface area contributed by atoms with E-state index < -0.39 is 7.26 Å². The lowest BCUT2D eigenvalue weighted by Gasteiger charge is -2.28. The molecule has 0 aromatic heterocycles. The van der Waals surface area contributed by atoms with Gasteiger partial charge in [0.2, 0.25) is 0 Å². The van der Waals surface area contributed by atoms with E-state index in [4.69, 9.17) is 0 Å². The van der Waals surface area contributed by atoms with Gasteiger partial charge in [0.1, 0.15) is 0 Å². The molecule has 0 saturated carbocycles. The molecule has 2 heteroatoms. The van der Waals surface area contributed by atoms with Crippen molar-refractivity contribution in [3.63, 3.8) is 0 Å². The molecule has 0 radical (unpaired) electrons. The quantitative estimate of drug-likeness (QED) is 0.176. The first-order chi connectivity index (χ1) is 13.8. The molecule has 0 atom stereocenters. The molecule has 0 unspecified atom stereocenters. The topological polar surface area (TPSA) is 0 Å². The zero-order valence-corrected chi connectivity index (χ0v) is 21.6. The normalized spacial score (nSPS) is 11.4. The maximum absolute atomic E-state index is 2.48. The molecule has 0 heterocycles. The second-order valence-electron chi connectivity index (χ2n) is 8.89. The molecule has 0 fully saturated rings. The third-order valence-electron chi connectivity index (χ3n) is 6.37. The maximum Gasteiger partial charge on any atom is 0.0939 e. The summed E-state index contributed by atoms with van der Waals surface area (Å²) >= 11 is 0. The molecule has 1 aromatic rings. The van der Waals surface area contributed by atoms with Gasteiger partial charge in [-0.05, 0) is 44.2 Å². The number of halogens is 1. The zero-order chi connectivity index (χ0) is 20.3. The van der Waals surface area contributed by atoms with E-state index >= 15 is 0 Å². The van der Waals surface area contributed by atoms with Crippen molar-refractivity contribution in [2.45, 2.75) is 117 Å². The van der Waals surface area contributed by atoms with Gasteiger partial charge in [0.25, 0.3) is 0 Å². The second kappa shape index (κ2) is 19.9. The predicted molar refractivity (Wildman–Crippen MR) is 134 cm³/mol. The summed E-state index contributed by atoms with van der Waals surface area (Å²) in [7, 11) is -0.989. The van der Waals surface area contributed by atoms with Crippen LogP contribution in [0.1, 0.15) is 117 Å². The molecule has 1 aromatic carbocycles. The minimum absolute atomic E-state index is 0. The van der Waals surface area contributed by atoms with Crippen molar-refractivity contribution >= 4 is 12.6 Å². The average molecular weight is 441 g/mol. The van der Waals surface area contributed by atoms with E-state index in [1.807, 2.05) is 0 Å². The van der Waals surface area contributed by atoms with Crippen LogP contribution >= 0.6 is 7.26 Å². The minimum atomic E-state index is -0.989. The van der Waals surface area contributed by atoms with E-state index in [0.717, 1.165) is 0 Å². The Balaban J connectivity index is 0.00000784. The Bertz CT molecular complexity index is 429. The monoisotopic (exact) mass is 440 g/mol. The first-order valence-corrected chi connectivity index (χ1v) is 15.0. The van der Waals surface area contributed by atoms with Gasteiger partial charge in [0.05, 0.1) is 23.8 Å². The number of hydrogen-bond acceptors (Lipinski definition) is 0. The molecule has 0 aliphatic heterocycles.